The number of aromatic nitrogens is 3. The van der Waals surface area contributed by atoms with E-state index in [9.17, 15) is 14.0 Å². The monoisotopic (exact) mass is 443 g/mol. The van der Waals surface area contributed by atoms with Crippen molar-refractivity contribution in [2.75, 3.05) is 33.0 Å². The predicted octanol–water partition coefficient (Wildman–Crippen LogP) is 3.16. The second-order valence-electron chi connectivity index (χ2n) is 7.09. The number of amides is 1. The minimum absolute atomic E-state index is 0.0500. The maximum absolute atomic E-state index is 13.4. The maximum Gasteiger partial charge on any atom is 0.276 e. The molecule has 2 aromatic heterocycles. The SMILES string of the molecule is COCCN(C)C(=O)c1cc2c(N)c(-c3nc4ccc(F)cc4[nH]c3=O)[nH]c2cc1Cl. The normalized spacial score (nSPS) is 11.4. The van der Waals surface area contributed by atoms with Crippen molar-refractivity contribution >= 4 is 45.1 Å². The van der Waals surface area contributed by atoms with E-state index in [1.54, 1.807) is 26.3 Å². The third-order valence-corrected chi connectivity index (χ3v) is 5.34. The van der Waals surface area contributed by atoms with Crippen molar-refractivity contribution in [3.63, 3.8) is 0 Å². The highest BCUT2D eigenvalue weighted by atomic mass is 35.5. The van der Waals surface area contributed by atoms with Gasteiger partial charge in [-0.3, -0.25) is 9.59 Å². The fourth-order valence-corrected chi connectivity index (χ4v) is 3.59. The number of halogens is 2. The summed E-state index contributed by atoms with van der Waals surface area (Å²) in [5, 5.41) is 0.772. The first-order valence-electron chi connectivity index (χ1n) is 9.35. The van der Waals surface area contributed by atoms with Crippen LogP contribution in [0.5, 0.6) is 0 Å². The lowest BCUT2D eigenvalue weighted by molar-refractivity contribution is 0.0744. The smallest absolute Gasteiger partial charge is 0.276 e. The van der Waals surface area contributed by atoms with Crippen LogP contribution < -0.4 is 11.3 Å². The van der Waals surface area contributed by atoms with Crippen LogP contribution in [0.2, 0.25) is 5.02 Å². The summed E-state index contributed by atoms with van der Waals surface area (Å²) in [4.78, 5) is 36.9. The Labute approximate surface area is 180 Å². The van der Waals surface area contributed by atoms with Gasteiger partial charge >= 0.3 is 0 Å². The summed E-state index contributed by atoms with van der Waals surface area (Å²) < 4.78 is 18.4. The number of nitrogens with two attached hydrogens (primary N) is 1. The Kier molecular flexibility index (Phi) is 5.38. The van der Waals surface area contributed by atoms with E-state index in [4.69, 9.17) is 22.1 Å². The highest BCUT2D eigenvalue weighted by Gasteiger charge is 2.21. The van der Waals surface area contributed by atoms with E-state index < -0.39 is 11.4 Å². The fourth-order valence-electron chi connectivity index (χ4n) is 3.35. The van der Waals surface area contributed by atoms with Gasteiger partial charge in [-0.15, -0.1) is 0 Å². The number of benzene rings is 2. The van der Waals surface area contributed by atoms with Crippen LogP contribution >= 0.6 is 11.6 Å². The van der Waals surface area contributed by atoms with Gasteiger partial charge in [0.25, 0.3) is 11.5 Å². The molecule has 0 aliphatic heterocycles. The van der Waals surface area contributed by atoms with E-state index in [0.29, 0.717) is 29.6 Å². The van der Waals surface area contributed by atoms with Crippen molar-refractivity contribution in [1.29, 1.82) is 0 Å². The molecule has 0 atom stereocenters. The lowest BCUT2D eigenvalue weighted by Crippen LogP contribution is -2.30. The third kappa shape index (κ3) is 3.73. The Hall–Kier alpha value is -3.43. The number of H-pyrrole nitrogens is 2. The maximum atomic E-state index is 13.4. The van der Waals surface area contributed by atoms with Gasteiger partial charge in [-0.25, -0.2) is 9.37 Å². The first kappa shape index (κ1) is 20.8. The molecule has 160 valence electrons. The van der Waals surface area contributed by atoms with E-state index in [1.807, 2.05) is 0 Å². The molecule has 0 spiro atoms. The van der Waals surface area contributed by atoms with Crippen LogP contribution in [-0.4, -0.2) is 53.1 Å². The molecule has 4 aromatic rings. The standard InChI is InChI=1S/C21H19ClFN5O3/c1-28(5-6-31-2)21(30)11-8-12-15(9-13(11)22)26-18(17(12)24)19-20(29)27-16-7-10(23)3-4-14(16)25-19/h3-4,7-9,26H,5-6,24H2,1-2H3,(H,27,29). The summed E-state index contributed by atoms with van der Waals surface area (Å²) in [7, 11) is 3.20. The van der Waals surface area contributed by atoms with Gasteiger partial charge < -0.3 is 25.3 Å². The van der Waals surface area contributed by atoms with Crippen LogP contribution in [0.15, 0.2) is 35.1 Å². The molecule has 0 fully saturated rings. The Morgan fingerprint density at radius 3 is 2.77 bits per heavy atom. The summed E-state index contributed by atoms with van der Waals surface area (Å²) in [6.45, 7) is 0.785. The van der Waals surface area contributed by atoms with Crippen LogP contribution in [0.4, 0.5) is 10.1 Å². The van der Waals surface area contributed by atoms with E-state index in [2.05, 4.69) is 15.0 Å². The number of fused-ring (bicyclic) bond motifs is 2. The van der Waals surface area contributed by atoms with Crippen molar-refractivity contribution in [3.05, 3.63) is 57.1 Å². The second kappa shape index (κ2) is 8.01. The van der Waals surface area contributed by atoms with Crippen LogP contribution in [0, 0.1) is 5.82 Å². The number of nitrogens with one attached hydrogen (secondary N) is 2. The fraction of sp³-hybridized carbons (Fsp3) is 0.190. The Morgan fingerprint density at radius 2 is 2.03 bits per heavy atom. The summed E-state index contributed by atoms with van der Waals surface area (Å²) in [5.74, 6) is -0.764. The number of hydrogen-bond donors (Lipinski definition) is 3. The van der Waals surface area contributed by atoms with Crippen LogP contribution in [0.3, 0.4) is 0 Å². The second-order valence-corrected chi connectivity index (χ2v) is 7.49. The van der Waals surface area contributed by atoms with Crippen molar-refractivity contribution in [1.82, 2.24) is 19.9 Å². The molecular weight excluding hydrogens is 425 g/mol. The largest absolute Gasteiger partial charge is 0.396 e. The lowest BCUT2D eigenvalue weighted by atomic mass is 10.1. The molecule has 0 radical (unpaired) electrons. The zero-order valence-electron chi connectivity index (χ0n) is 16.8. The number of methoxy groups -OCH3 is 1. The molecule has 8 nitrogen and oxygen atoms in total. The molecule has 2 aromatic carbocycles. The van der Waals surface area contributed by atoms with E-state index in [0.717, 1.165) is 0 Å². The van der Waals surface area contributed by atoms with Crippen molar-refractivity contribution < 1.29 is 13.9 Å². The van der Waals surface area contributed by atoms with Crippen LogP contribution in [0.25, 0.3) is 33.3 Å². The van der Waals surface area contributed by atoms with Gasteiger partial charge in [0.2, 0.25) is 0 Å². The van der Waals surface area contributed by atoms with Gasteiger partial charge in [0.15, 0.2) is 5.69 Å². The van der Waals surface area contributed by atoms with Gasteiger partial charge in [-0.05, 0) is 30.3 Å². The van der Waals surface area contributed by atoms with Crippen molar-refractivity contribution in [2.45, 2.75) is 0 Å². The first-order valence-corrected chi connectivity index (χ1v) is 9.73. The number of aromatic amines is 2. The van der Waals surface area contributed by atoms with E-state index >= 15 is 0 Å². The van der Waals surface area contributed by atoms with Gasteiger partial charge in [0, 0.05) is 31.6 Å². The number of rotatable bonds is 5. The van der Waals surface area contributed by atoms with Gasteiger partial charge in [-0.1, -0.05) is 11.6 Å². The van der Waals surface area contributed by atoms with Gasteiger partial charge in [0.1, 0.15) is 5.82 Å². The Bertz CT molecular complexity index is 1380. The molecule has 0 bridgehead atoms. The molecule has 2 heterocycles. The molecule has 0 saturated heterocycles. The summed E-state index contributed by atoms with van der Waals surface area (Å²) in [6, 6.07) is 7.08. The van der Waals surface area contributed by atoms with Crippen LogP contribution in [-0.2, 0) is 4.74 Å². The van der Waals surface area contributed by atoms with Gasteiger partial charge in [-0.2, -0.15) is 0 Å². The number of carbonyl (C=O) groups excluding carboxylic acids is 1. The Balaban J connectivity index is 1.83. The molecule has 4 rings (SSSR count). The quantitative estimate of drug-likeness (QED) is 0.438. The number of carbonyl (C=O) groups is 1. The number of nitrogen functional groups attached to an aromatic ring is 1. The van der Waals surface area contributed by atoms with E-state index in [-0.39, 0.29) is 39.1 Å². The minimum atomic E-state index is -0.530. The average molecular weight is 444 g/mol. The van der Waals surface area contributed by atoms with Gasteiger partial charge in [0.05, 0.1) is 39.6 Å². The number of anilines is 1. The summed E-state index contributed by atoms with van der Waals surface area (Å²) >= 11 is 6.35. The molecule has 1 amide bonds. The number of nitrogens with zero attached hydrogens (tertiary/aromatic N) is 2. The number of ether oxygens (including phenoxy) is 1. The topological polar surface area (TPSA) is 117 Å². The van der Waals surface area contributed by atoms with Crippen molar-refractivity contribution in [3.8, 4) is 11.4 Å². The van der Waals surface area contributed by atoms with Crippen molar-refractivity contribution in [2.24, 2.45) is 0 Å². The highest BCUT2D eigenvalue weighted by Crippen LogP contribution is 2.34. The first-order chi connectivity index (χ1) is 14.8. The number of hydrogen-bond acceptors (Lipinski definition) is 5. The zero-order chi connectivity index (χ0) is 22.3. The molecule has 0 unspecified atom stereocenters. The molecule has 10 heteroatoms. The summed E-state index contributed by atoms with van der Waals surface area (Å²) in [5.41, 5.74) is 7.88. The highest BCUT2D eigenvalue weighted by molar-refractivity contribution is 6.35. The molecule has 0 aliphatic rings. The predicted molar refractivity (Wildman–Crippen MR) is 118 cm³/mol. The summed E-state index contributed by atoms with van der Waals surface area (Å²) in [6.07, 6.45) is 0. The zero-order valence-corrected chi connectivity index (χ0v) is 17.5. The lowest BCUT2D eigenvalue weighted by Gasteiger charge is -2.17. The molecular formula is C21H19ClFN5O3. The third-order valence-electron chi connectivity index (χ3n) is 5.03. The molecule has 0 saturated carbocycles. The Morgan fingerprint density at radius 1 is 1.26 bits per heavy atom. The molecule has 4 N–H and O–H groups in total. The van der Waals surface area contributed by atoms with E-state index in [1.165, 1.54) is 23.1 Å². The average Bonchev–Trinajstić information content (AvgIpc) is 3.05. The molecule has 0 aliphatic carbocycles. The van der Waals surface area contributed by atoms with Crippen LogP contribution in [0.1, 0.15) is 10.4 Å². The number of likely N-dealkylation sites (N-methyl/N-ethyl adjacent to an activating group) is 1. The minimum Gasteiger partial charge on any atom is -0.396 e. The molecule has 31 heavy (non-hydrogen) atoms.